The van der Waals surface area contributed by atoms with Gasteiger partial charge >= 0.3 is 0 Å². The van der Waals surface area contributed by atoms with E-state index in [1.165, 1.54) is 0 Å². The quantitative estimate of drug-likeness (QED) is 0.845. The van der Waals surface area contributed by atoms with Crippen molar-refractivity contribution >= 4 is 21.8 Å². The molecule has 1 heterocycles. The molecule has 0 radical (unpaired) electrons. The Balaban J connectivity index is 2.08. The van der Waals surface area contributed by atoms with Gasteiger partial charge in [-0.2, -0.15) is 0 Å². The summed E-state index contributed by atoms with van der Waals surface area (Å²) in [6.07, 6.45) is 3.97. The molecule has 1 aliphatic rings. The predicted molar refractivity (Wildman–Crippen MR) is 78.3 cm³/mol. The van der Waals surface area contributed by atoms with Crippen LogP contribution in [0.2, 0.25) is 0 Å². The van der Waals surface area contributed by atoms with Gasteiger partial charge in [-0.05, 0) is 46.3 Å². The van der Waals surface area contributed by atoms with Gasteiger partial charge in [-0.1, -0.05) is 19.9 Å². The SMILES string of the molecule is CC(C)[C@H](N)C(=O)N(Cc1ccc(Br)nc1)C1CC1. The lowest BCUT2D eigenvalue weighted by atomic mass is 10.0. The Morgan fingerprint density at radius 1 is 1.53 bits per heavy atom. The fourth-order valence-corrected chi connectivity index (χ4v) is 2.18. The third-order valence-corrected chi connectivity index (χ3v) is 3.88. The maximum absolute atomic E-state index is 12.4. The van der Waals surface area contributed by atoms with Crippen molar-refractivity contribution in [3.05, 3.63) is 28.5 Å². The number of rotatable bonds is 5. The summed E-state index contributed by atoms with van der Waals surface area (Å²) in [7, 11) is 0. The highest BCUT2D eigenvalue weighted by Crippen LogP contribution is 2.29. The van der Waals surface area contributed by atoms with Crippen LogP contribution in [0.15, 0.2) is 22.9 Å². The molecule has 1 atom stereocenters. The van der Waals surface area contributed by atoms with Gasteiger partial charge in [0.05, 0.1) is 6.04 Å². The number of carbonyl (C=O) groups is 1. The number of carbonyl (C=O) groups excluding carboxylic acids is 1. The number of hydrogen-bond donors (Lipinski definition) is 1. The van der Waals surface area contributed by atoms with Crippen molar-refractivity contribution in [3.8, 4) is 0 Å². The third kappa shape index (κ3) is 3.76. The monoisotopic (exact) mass is 325 g/mol. The third-order valence-electron chi connectivity index (χ3n) is 3.42. The van der Waals surface area contributed by atoms with Gasteiger partial charge in [-0.15, -0.1) is 0 Å². The fraction of sp³-hybridized carbons (Fsp3) is 0.571. The van der Waals surface area contributed by atoms with E-state index < -0.39 is 6.04 Å². The van der Waals surface area contributed by atoms with Gasteiger partial charge in [-0.25, -0.2) is 4.98 Å². The van der Waals surface area contributed by atoms with Crippen LogP contribution in [-0.4, -0.2) is 27.9 Å². The van der Waals surface area contributed by atoms with Gasteiger partial charge in [0, 0.05) is 18.8 Å². The van der Waals surface area contributed by atoms with E-state index in [-0.39, 0.29) is 11.8 Å². The number of aromatic nitrogens is 1. The van der Waals surface area contributed by atoms with Gasteiger partial charge < -0.3 is 10.6 Å². The van der Waals surface area contributed by atoms with E-state index in [2.05, 4.69) is 20.9 Å². The zero-order chi connectivity index (χ0) is 14.0. The van der Waals surface area contributed by atoms with Crippen LogP contribution in [0.25, 0.3) is 0 Å². The Labute approximate surface area is 122 Å². The van der Waals surface area contributed by atoms with Crippen molar-refractivity contribution in [1.29, 1.82) is 0 Å². The van der Waals surface area contributed by atoms with Crippen LogP contribution in [0.3, 0.4) is 0 Å². The number of nitrogens with zero attached hydrogens (tertiary/aromatic N) is 2. The Morgan fingerprint density at radius 3 is 2.68 bits per heavy atom. The first kappa shape index (κ1) is 14.5. The lowest BCUT2D eigenvalue weighted by Crippen LogP contribution is -2.47. The molecule has 2 rings (SSSR count). The highest BCUT2D eigenvalue weighted by molar-refractivity contribution is 9.10. The molecule has 1 aromatic heterocycles. The molecule has 0 spiro atoms. The number of hydrogen-bond acceptors (Lipinski definition) is 3. The topological polar surface area (TPSA) is 59.2 Å². The molecule has 2 N–H and O–H groups in total. The van der Waals surface area contributed by atoms with Crippen LogP contribution in [0.4, 0.5) is 0 Å². The molecule has 104 valence electrons. The zero-order valence-electron chi connectivity index (χ0n) is 11.3. The predicted octanol–water partition coefficient (Wildman–Crippen LogP) is 2.32. The molecule has 4 nitrogen and oxygen atoms in total. The minimum Gasteiger partial charge on any atom is -0.334 e. The average Bonchev–Trinajstić information content (AvgIpc) is 3.20. The first-order valence-corrected chi connectivity index (χ1v) is 7.45. The highest BCUT2D eigenvalue weighted by Gasteiger charge is 2.35. The molecular formula is C14H20BrN3O. The van der Waals surface area contributed by atoms with Gasteiger partial charge in [-0.3, -0.25) is 4.79 Å². The maximum Gasteiger partial charge on any atom is 0.240 e. The summed E-state index contributed by atoms with van der Waals surface area (Å²) in [4.78, 5) is 18.5. The Morgan fingerprint density at radius 2 is 2.21 bits per heavy atom. The second-order valence-electron chi connectivity index (χ2n) is 5.46. The van der Waals surface area contributed by atoms with Crippen LogP contribution in [-0.2, 0) is 11.3 Å². The van der Waals surface area contributed by atoms with Crippen LogP contribution in [0.5, 0.6) is 0 Å². The summed E-state index contributed by atoms with van der Waals surface area (Å²) in [5.74, 6) is 0.220. The van der Waals surface area contributed by atoms with Crippen LogP contribution < -0.4 is 5.73 Å². The van der Waals surface area contributed by atoms with Gasteiger partial charge in [0.25, 0.3) is 0 Å². The van der Waals surface area contributed by atoms with E-state index in [9.17, 15) is 4.79 Å². The second-order valence-corrected chi connectivity index (χ2v) is 6.27. The van der Waals surface area contributed by atoms with E-state index in [4.69, 9.17) is 5.73 Å². The molecule has 1 saturated carbocycles. The van der Waals surface area contributed by atoms with Crippen molar-refractivity contribution in [2.24, 2.45) is 11.7 Å². The van der Waals surface area contributed by atoms with E-state index in [0.29, 0.717) is 12.6 Å². The number of nitrogens with two attached hydrogens (primary N) is 1. The van der Waals surface area contributed by atoms with Crippen molar-refractivity contribution in [3.63, 3.8) is 0 Å². The minimum absolute atomic E-state index is 0.0559. The number of amides is 1. The van der Waals surface area contributed by atoms with E-state index >= 15 is 0 Å². The van der Waals surface area contributed by atoms with Gasteiger partial charge in [0.1, 0.15) is 4.60 Å². The summed E-state index contributed by atoms with van der Waals surface area (Å²) in [6, 6.07) is 3.83. The summed E-state index contributed by atoms with van der Waals surface area (Å²) < 4.78 is 0.805. The summed E-state index contributed by atoms with van der Waals surface area (Å²) in [5.41, 5.74) is 7.03. The van der Waals surface area contributed by atoms with E-state index in [0.717, 1.165) is 23.0 Å². The summed E-state index contributed by atoms with van der Waals surface area (Å²) in [6.45, 7) is 4.56. The minimum atomic E-state index is -0.413. The van der Waals surface area contributed by atoms with Crippen molar-refractivity contribution in [2.45, 2.75) is 45.3 Å². The van der Waals surface area contributed by atoms with Crippen molar-refractivity contribution in [2.75, 3.05) is 0 Å². The standard InChI is InChI=1S/C14H20BrN3O/c1-9(2)13(16)14(19)18(11-4-5-11)8-10-3-6-12(15)17-7-10/h3,6-7,9,11,13H,4-5,8,16H2,1-2H3/t13-/m0/s1. The Hall–Kier alpha value is -0.940. The van der Waals surface area contributed by atoms with Crippen molar-refractivity contribution in [1.82, 2.24) is 9.88 Å². The maximum atomic E-state index is 12.4. The van der Waals surface area contributed by atoms with Crippen LogP contribution >= 0.6 is 15.9 Å². The smallest absolute Gasteiger partial charge is 0.240 e. The van der Waals surface area contributed by atoms with E-state index in [1.807, 2.05) is 30.9 Å². The van der Waals surface area contributed by atoms with Crippen LogP contribution in [0, 0.1) is 5.92 Å². The highest BCUT2D eigenvalue weighted by atomic mass is 79.9. The molecule has 1 fully saturated rings. The Kier molecular flexibility index (Phi) is 4.58. The molecule has 0 unspecified atom stereocenters. The lowest BCUT2D eigenvalue weighted by Gasteiger charge is -2.27. The largest absolute Gasteiger partial charge is 0.334 e. The zero-order valence-corrected chi connectivity index (χ0v) is 12.9. The Bertz CT molecular complexity index is 443. The molecule has 0 saturated heterocycles. The first-order valence-electron chi connectivity index (χ1n) is 6.65. The molecule has 19 heavy (non-hydrogen) atoms. The van der Waals surface area contributed by atoms with Gasteiger partial charge in [0.2, 0.25) is 5.91 Å². The average molecular weight is 326 g/mol. The van der Waals surface area contributed by atoms with Crippen molar-refractivity contribution < 1.29 is 4.79 Å². The fourth-order valence-electron chi connectivity index (χ4n) is 1.95. The van der Waals surface area contributed by atoms with E-state index in [1.54, 1.807) is 6.20 Å². The number of halogens is 1. The molecule has 0 aliphatic heterocycles. The molecule has 1 amide bonds. The normalized spacial score (nSPS) is 16.5. The molecule has 0 bridgehead atoms. The summed E-state index contributed by atoms with van der Waals surface area (Å²) >= 11 is 3.31. The molecular weight excluding hydrogens is 306 g/mol. The van der Waals surface area contributed by atoms with Crippen LogP contribution in [0.1, 0.15) is 32.3 Å². The number of pyridine rings is 1. The summed E-state index contributed by atoms with van der Waals surface area (Å²) in [5, 5.41) is 0. The molecule has 1 aromatic rings. The second kappa shape index (κ2) is 6.01. The molecule has 1 aliphatic carbocycles. The molecule has 0 aromatic carbocycles. The first-order chi connectivity index (χ1) is 8.99. The lowest BCUT2D eigenvalue weighted by molar-refractivity contribution is -0.134. The molecule has 5 heteroatoms. The van der Waals surface area contributed by atoms with Gasteiger partial charge in [0.15, 0.2) is 0 Å².